The summed E-state index contributed by atoms with van der Waals surface area (Å²) in [6, 6.07) is -0.578. The molecule has 0 saturated heterocycles. The Bertz CT molecular complexity index is 784. The van der Waals surface area contributed by atoms with Crippen LogP contribution in [-0.4, -0.2) is 48.0 Å². The van der Waals surface area contributed by atoms with E-state index in [2.05, 4.69) is 13.8 Å². The number of carbonyl (C=O) groups excluding carboxylic acids is 3. The highest BCUT2D eigenvalue weighted by molar-refractivity contribution is 7.99. The summed E-state index contributed by atoms with van der Waals surface area (Å²) in [5.41, 5.74) is 5.65. The highest BCUT2D eigenvalue weighted by Crippen LogP contribution is 2.20. The van der Waals surface area contributed by atoms with E-state index in [4.69, 9.17) is 15.2 Å². The Morgan fingerprint density at radius 2 is 0.878 bits per heavy atom. The minimum absolute atomic E-state index is 0.0141. The smallest absolute Gasteiger partial charge is 0.306 e. The van der Waals surface area contributed by atoms with E-state index >= 15 is 0 Å². The van der Waals surface area contributed by atoms with Gasteiger partial charge in [0.2, 0.25) is 0 Å². The van der Waals surface area contributed by atoms with Crippen molar-refractivity contribution in [1.29, 1.82) is 0 Å². The van der Waals surface area contributed by atoms with Gasteiger partial charge in [-0.05, 0) is 12.8 Å². The average molecular weight is 712 g/mol. The van der Waals surface area contributed by atoms with Crippen LogP contribution in [0.25, 0.3) is 0 Å². The number of hydrogen-bond donors (Lipinski definition) is 1. The summed E-state index contributed by atoms with van der Waals surface area (Å²) >= 11 is 1.48. The third kappa shape index (κ3) is 32.6. The molecule has 7 heteroatoms. The number of ketones is 1. The van der Waals surface area contributed by atoms with E-state index in [0.29, 0.717) is 24.3 Å². The molecule has 2 atom stereocenters. The molecule has 0 heterocycles. The third-order valence-corrected chi connectivity index (χ3v) is 10.6. The second kappa shape index (κ2) is 34.0. The van der Waals surface area contributed by atoms with Crippen LogP contribution >= 0.6 is 11.8 Å². The summed E-state index contributed by atoms with van der Waals surface area (Å²) in [6.07, 6.45) is 33.0. The number of esters is 2. The van der Waals surface area contributed by atoms with Gasteiger partial charge in [-0.1, -0.05) is 189 Å². The molecular formula is C42H81NO5S. The first kappa shape index (κ1) is 47.9. The number of carbonyl (C=O) groups is 3. The molecule has 0 rings (SSSR count). The Kier molecular flexibility index (Phi) is 33.3. The Morgan fingerprint density at radius 1 is 0.531 bits per heavy atom. The standard InChI is InChI=1S/C42H81NO5S/c1-6-8-10-12-14-16-18-20-22-24-26-28-30-32-39(44)47-34-37(35-49-36-38(43)41(46)42(3,4)5)48-40(45)33-31-29-27-25-23-21-19-17-15-13-11-9-7-2/h37-38H,6-36,43H2,1-5H3/t37-,38-/m0/s1. The highest BCUT2D eigenvalue weighted by atomic mass is 32.2. The van der Waals surface area contributed by atoms with Gasteiger partial charge in [0, 0.05) is 29.8 Å². The normalized spacial score (nSPS) is 12.9. The van der Waals surface area contributed by atoms with Crippen molar-refractivity contribution in [2.45, 2.75) is 227 Å². The zero-order valence-corrected chi connectivity index (χ0v) is 33.9. The fraction of sp³-hybridized carbons (Fsp3) is 0.929. The third-order valence-electron chi connectivity index (χ3n) is 9.37. The topological polar surface area (TPSA) is 95.7 Å². The minimum Gasteiger partial charge on any atom is -0.462 e. The van der Waals surface area contributed by atoms with Gasteiger partial charge in [-0.25, -0.2) is 0 Å². The number of nitrogens with two attached hydrogens (primary N) is 1. The highest BCUT2D eigenvalue weighted by Gasteiger charge is 2.27. The number of unbranched alkanes of at least 4 members (excludes halogenated alkanes) is 24. The van der Waals surface area contributed by atoms with Crippen molar-refractivity contribution in [1.82, 2.24) is 0 Å². The minimum atomic E-state index is -0.578. The first-order valence-electron chi connectivity index (χ1n) is 20.8. The van der Waals surface area contributed by atoms with Crippen LogP contribution in [0, 0.1) is 5.41 Å². The fourth-order valence-corrected chi connectivity index (χ4v) is 7.12. The maximum absolute atomic E-state index is 12.7. The summed E-state index contributed by atoms with van der Waals surface area (Å²) in [7, 11) is 0. The van der Waals surface area contributed by atoms with Crippen LogP contribution in [0.15, 0.2) is 0 Å². The molecule has 0 spiro atoms. The van der Waals surface area contributed by atoms with Gasteiger partial charge in [0.05, 0.1) is 6.04 Å². The van der Waals surface area contributed by atoms with E-state index in [1.807, 2.05) is 20.8 Å². The molecule has 0 bridgehead atoms. The quantitative estimate of drug-likeness (QED) is 0.0510. The van der Waals surface area contributed by atoms with E-state index in [1.54, 1.807) is 0 Å². The maximum Gasteiger partial charge on any atom is 0.306 e. The fourth-order valence-electron chi connectivity index (χ4n) is 6.15. The molecule has 0 aliphatic carbocycles. The summed E-state index contributed by atoms with van der Waals surface area (Å²) in [5.74, 6) is 0.430. The van der Waals surface area contributed by atoms with Crippen molar-refractivity contribution in [2.24, 2.45) is 11.1 Å². The molecule has 0 unspecified atom stereocenters. The van der Waals surface area contributed by atoms with Crippen LogP contribution in [0.5, 0.6) is 0 Å². The van der Waals surface area contributed by atoms with Crippen molar-refractivity contribution >= 4 is 29.5 Å². The van der Waals surface area contributed by atoms with Crippen molar-refractivity contribution < 1.29 is 23.9 Å². The lowest BCUT2D eigenvalue weighted by Gasteiger charge is -2.22. The lowest BCUT2D eigenvalue weighted by molar-refractivity contribution is -0.157. The largest absolute Gasteiger partial charge is 0.462 e. The number of thioether (sulfide) groups is 1. The van der Waals surface area contributed by atoms with Crippen LogP contribution < -0.4 is 5.73 Å². The van der Waals surface area contributed by atoms with E-state index in [-0.39, 0.29) is 24.3 Å². The molecule has 6 nitrogen and oxygen atoms in total. The van der Waals surface area contributed by atoms with Crippen LogP contribution in [0.1, 0.15) is 214 Å². The lowest BCUT2D eigenvalue weighted by atomic mass is 9.87. The molecule has 0 aromatic heterocycles. The molecular weight excluding hydrogens is 631 g/mol. The van der Waals surface area contributed by atoms with Gasteiger partial charge in [-0.3, -0.25) is 14.4 Å². The number of rotatable bonds is 36. The molecule has 0 saturated carbocycles. The van der Waals surface area contributed by atoms with Crippen molar-refractivity contribution in [3.8, 4) is 0 Å². The molecule has 2 N–H and O–H groups in total. The van der Waals surface area contributed by atoms with E-state index in [9.17, 15) is 14.4 Å². The molecule has 0 aliphatic rings. The number of hydrogen-bond acceptors (Lipinski definition) is 7. The summed E-state index contributed by atoms with van der Waals surface area (Å²) < 4.78 is 11.3. The Labute approximate surface area is 308 Å². The number of ether oxygens (including phenoxy) is 2. The zero-order valence-electron chi connectivity index (χ0n) is 33.1. The van der Waals surface area contributed by atoms with Crippen LogP contribution in [-0.2, 0) is 23.9 Å². The molecule has 0 radical (unpaired) electrons. The van der Waals surface area contributed by atoms with Gasteiger partial charge in [0.15, 0.2) is 5.78 Å². The molecule has 0 aromatic carbocycles. The monoisotopic (exact) mass is 712 g/mol. The Balaban J connectivity index is 4.29. The Hall–Kier alpha value is -1.08. The summed E-state index contributed by atoms with van der Waals surface area (Å²) in [6.45, 7) is 10.2. The maximum atomic E-state index is 12.7. The van der Waals surface area contributed by atoms with E-state index < -0.39 is 17.6 Å². The summed E-state index contributed by atoms with van der Waals surface area (Å²) in [4.78, 5) is 37.7. The first-order chi connectivity index (χ1) is 23.6. The first-order valence-corrected chi connectivity index (χ1v) is 22.0. The predicted molar refractivity (Wildman–Crippen MR) is 211 cm³/mol. The van der Waals surface area contributed by atoms with Crippen molar-refractivity contribution in [3.05, 3.63) is 0 Å². The van der Waals surface area contributed by atoms with Crippen LogP contribution in [0.4, 0.5) is 0 Å². The number of Topliss-reactive ketones (excluding diaryl/α,β-unsaturated/α-hetero) is 1. The second-order valence-corrected chi connectivity index (χ2v) is 16.6. The van der Waals surface area contributed by atoms with Crippen LogP contribution in [0.3, 0.4) is 0 Å². The second-order valence-electron chi connectivity index (χ2n) is 15.5. The zero-order chi connectivity index (χ0) is 36.4. The predicted octanol–water partition coefficient (Wildman–Crippen LogP) is 12.1. The van der Waals surface area contributed by atoms with Gasteiger partial charge in [-0.15, -0.1) is 0 Å². The molecule has 49 heavy (non-hydrogen) atoms. The van der Waals surface area contributed by atoms with Gasteiger partial charge < -0.3 is 15.2 Å². The van der Waals surface area contributed by atoms with Gasteiger partial charge in [0.25, 0.3) is 0 Å². The van der Waals surface area contributed by atoms with E-state index in [0.717, 1.165) is 38.5 Å². The molecule has 290 valence electrons. The Morgan fingerprint density at radius 3 is 1.24 bits per heavy atom. The van der Waals surface area contributed by atoms with Gasteiger partial charge in [0.1, 0.15) is 12.7 Å². The lowest BCUT2D eigenvalue weighted by Crippen LogP contribution is -2.41. The average Bonchev–Trinajstić information content (AvgIpc) is 3.06. The van der Waals surface area contributed by atoms with Crippen LogP contribution in [0.2, 0.25) is 0 Å². The molecule has 0 fully saturated rings. The SMILES string of the molecule is CCCCCCCCCCCCCCCC(=O)OC[C@@H](CSC[C@H](N)C(=O)C(C)(C)C)OC(=O)CCCCCCCCCCCCCCC. The van der Waals surface area contributed by atoms with E-state index in [1.165, 1.54) is 140 Å². The van der Waals surface area contributed by atoms with Gasteiger partial charge in [-0.2, -0.15) is 11.8 Å². The van der Waals surface area contributed by atoms with Crippen molar-refractivity contribution in [2.75, 3.05) is 18.1 Å². The molecule has 0 aliphatic heterocycles. The summed E-state index contributed by atoms with van der Waals surface area (Å²) in [5, 5.41) is 0. The molecule has 0 aromatic rings. The molecule has 0 amide bonds. The van der Waals surface area contributed by atoms with Gasteiger partial charge >= 0.3 is 11.9 Å². The van der Waals surface area contributed by atoms with Crippen molar-refractivity contribution in [3.63, 3.8) is 0 Å².